The fourth-order valence-corrected chi connectivity index (χ4v) is 1.72. The summed E-state index contributed by atoms with van der Waals surface area (Å²) in [6, 6.07) is 6.33. The third kappa shape index (κ3) is 3.13. The number of benzene rings is 1. The van der Waals surface area contributed by atoms with E-state index in [0.29, 0.717) is 6.04 Å². The van der Waals surface area contributed by atoms with Gasteiger partial charge in [0.2, 0.25) is 0 Å². The van der Waals surface area contributed by atoms with Crippen molar-refractivity contribution in [1.82, 2.24) is 4.90 Å². The van der Waals surface area contributed by atoms with Crippen molar-refractivity contribution >= 4 is 0 Å². The minimum Gasteiger partial charge on any atom is -0.493 e. The van der Waals surface area contributed by atoms with Crippen LogP contribution in [0.5, 0.6) is 11.5 Å². The van der Waals surface area contributed by atoms with Crippen molar-refractivity contribution in [3.63, 3.8) is 0 Å². The first-order valence-electron chi connectivity index (χ1n) is 5.72. The van der Waals surface area contributed by atoms with Gasteiger partial charge in [-0.2, -0.15) is 0 Å². The molecule has 0 N–H and O–H groups in total. The fourth-order valence-electron chi connectivity index (χ4n) is 1.72. The van der Waals surface area contributed by atoms with Crippen LogP contribution in [0.3, 0.4) is 0 Å². The van der Waals surface area contributed by atoms with Gasteiger partial charge in [-0.15, -0.1) is 0 Å². The zero-order valence-electron chi connectivity index (χ0n) is 11.4. The van der Waals surface area contributed by atoms with Gasteiger partial charge in [0.05, 0.1) is 14.2 Å². The number of hydrogen-bond donors (Lipinski definition) is 0. The number of likely N-dealkylation sites (N-methyl/N-ethyl adjacent to an activating group) is 1. The minimum atomic E-state index is 0.199. The van der Waals surface area contributed by atoms with Crippen molar-refractivity contribution in [1.29, 1.82) is 0 Å². The Kier molecular flexibility index (Phi) is 4.82. The third-order valence-corrected chi connectivity index (χ3v) is 3.23. The molecule has 0 aliphatic carbocycles. The maximum absolute atomic E-state index is 5.30. The highest BCUT2D eigenvalue weighted by Crippen LogP contribution is 2.32. The summed E-state index contributed by atoms with van der Waals surface area (Å²) in [6.07, 6.45) is 0. The summed E-state index contributed by atoms with van der Waals surface area (Å²) < 4.78 is 10.5. The molecule has 95 valence electrons. The summed E-state index contributed by atoms with van der Waals surface area (Å²) in [5, 5.41) is 0. The van der Waals surface area contributed by atoms with Gasteiger partial charge in [0.25, 0.3) is 0 Å². The summed E-state index contributed by atoms with van der Waals surface area (Å²) >= 11 is 0. The van der Waals surface area contributed by atoms with Crippen LogP contribution in [0, 0.1) is 6.92 Å². The summed E-state index contributed by atoms with van der Waals surface area (Å²) in [5.41, 5.74) is 1.16. The molecule has 0 fully saturated rings. The van der Waals surface area contributed by atoms with Crippen molar-refractivity contribution in [2.24, 2.45) is 0 Å². The summed E-state index contributed by atoms with van der Waals surface area (Å²) in [5.74, 6) is 1.70. The smallest absolute Gasteiger partial charge is 0.160 e. The SMILES string of the molecule is [CH2]C(c1ccc(OC)c(OC)c1)C(C)N(C)C. The van der Waals surface area contributed by atoms with Crippen molar-refractivity contribution in [3.05, 3.63) is 30.7 Å². The number of hydrogen-bond acceptors (Lipinski definition) is 3. The highest BCUT2D eigenvalue weighted by atomic mass is 16.5. The normalized spacial score (nSPS) is 14.5. The minimum absolute atomic E-state index is 0.199. The Morgan fingerprint density at radius 2 is 1.71 bits per heavy atom. The summed E-state index contributed by atoms with van der Waals surface area (Å²) in [4.78, 5) is 2.16. The largest absolute Gasteiger partial charge is 0.493 e. The Hall–Kier alpha value is -1.22. The highest BCUT2D eigenvalue weighted by Gasteiger charge is 2.17. The van der Waals surface area contributed by atoms with Crippen LogP contribution in [0.1, 0.15) is 18.4 Å². The van der Waals surface area contributed by atoms with Crippen molar-refractivity contribution in [3.8, 4) is 11.5 Å². The van der Waals surface area contributed by atoms with Gasteiger partial charge in [0, 0.05) is 6.04 Å². The molecule has 0 bridgehead atoms. The maximum atomic E-state index is 5.30. The lowest BCUT2D eigenvalue weighted by Crippen LogP contribution is -2.29. The van der Waals surface area contributed by atoms with Crippen molar-refractivity contribution in [2.75, 3.05) is 28.3 Å². The van der Waals surface area contributed by atoms with Crippen molar-refractivity contribution < 1.29 is 9.47 Å². The van der Waals surface area contributed by atoms with Crippen LogP contribution in [0.2, 0.25) is 0 Å². The Morgan fingerprint density at radius 1 is 1.12 bits per heavy atom. The van der Waals surface area contributed by atoms with Crippen molar-refractivity contribution in [2.45, 2.75) is 18.9 Å². The molecule has 0 heterocycles. The van der Waals surface area contributed by atoms with E-state index in [-0.39, 0.29) is 5.92 Å². The van der Waals surface area contributed by atoms with E-state index in [1.54, 1.807) is 14.2 Å². The van der Waals surface area contributed by atoms with Gasteiger partial charge in [-0.25, -0.2) is 0 Å². The van der Waals surface area contributed by atoms with Gasteiger partial charge in [-0.3, -0.25) is 0 Å². The first-order chi connectivity index (χ1) is 8.01. The van der Waals surface area contributed by atoms with E-state index in [4.69, 9.17) is 9.47 Å². The molecule has 0 aromatic heterocycles. The van der Waals surface area contributed by atoms with Crippen LogP contribution < -0.4 is 9.47 Å². The quantitative estimate of drug-likeness (QED) is 0.784. The lowest BCUT2D eigenvalue weighted by Gasteiger charge is -2.27. The topological polar surface area (TPSA) is 21.7 Å². The molecule has 0 saturated heterocycles. The van der Waals surface area contributed by atoms with Gasteiger partial charge in [0.15, 0.2) is 11.5 Å². The molecule has 1 radical (unpaired) electrons. The predicted octanol–water partition coefficient (Wildman–Crippen LogP) is 2.57. The molecule has 0 amide bonds. The monoisotopic (exact) mass is 236 g/mol. The Labute approximate surface area is 104 Å². The van der Waals surface area contributed by atoms with E-state index in [9.17, 15) is 0 Å². The molecular formula is C14H22NO2. The molecule has 1 aromatic rings. The Bertz CT molecular complexity index is 363. The lowest BCUT2D eigenvalue weighted by molar-refractivity contribution is 0.291. The van der Waals surface area contributed by atoms with Gasteiger partial charge in [0.1, 0.15) is 0 Å². The summed E-state index contributed by atoms with van der Waals surface area (Å²) in [6.45, 7) is 6.38. The number of nitrogens with zero attached hydrogens (tertiary/aromatic N) is 1. The molecule has 0 aliphatic heterocycles. The number of ether oxygens (including phenoxy) is 2. The fraction of sp³-hybridized carbons (Fsp3) is 0.500. The van der Waals surface area contributed by atoms with E-state index >= 15 is 0 Å². The van der Waals surface area contributed by atoms with Crippen LogP contribution in [-0.2, 0) is 0 Å². The Balaban J connectivity index is 2.99. The molecular weight excluding hydrogens is 214 g/mol. The summed E-state index contributed by atoms with van der Waals surface area (Å²) in [7, 11) is 7.41. The van der Waals surface area contributed by atoms with E-state index < -0.39 is 0 Å². The molecule has 1 rings (SSSR count). The van der Waals surface area contributed by atoms with Crippen LogP contribution in [0.25, 0.3) is 0 Å². The van der Waals surface area contributed by atoms with Crippen LogP contribution in [0.4, 0.5) is 0 Å². The van der Waals surface area contributed by atoms with Gasteiger partial charge in [-0.1, -0.05) is 6.07 Å². The van der Waals surface area contributed by atoms with E-state index in [0.717, 1.165) is 17.1 Å². The molecule has 1 aromatic carbocycles. The van der Waals surface area contributed by atoms with Crippen LogP contribution in [-0.4, -0.2) is 39.3 Å². The lowest BCUT2D eigenvalue weighted by atomic mass is 9.93. The van der Waals surface area contributed by atoms with E-state index in [2.05, 4.69) is 32.8 Å². The van der Waals surface area contributed by atoms with Gasteiger partial charge in [-0.05, 0) is 51.6 Å². The molecule has 0 aliphatic rings. The molecule has 2 unspecified atom stereocenters. The predicted molar refractivity (Wildman–Crippen MR) is 70.8 cm³/mol. The number of rotatable bonds is 5. The first kappa shape index (κ1) is 13.8. The first-order valence-corrected chi connectivity index (χ1v) is 5.72. The second-order valence-corrected chi connectivity index (χ2v) is 4.43. The zero-order chi connectivity index (χ0) is 13.0. The van der Waals surface area contributed by atoms with E-state index in [1.807, 2.05) is 18.2 Å². The van der Waals surface area contributed by atoms with E-state index in [1.165, 1.54) is 0 Å². The Morgan fingerprint density at radius 3 is 2.18 bits per heavy atom. The average Bonchev–Trinajstić information content (AvgIpc) is 2.35. The molecule has 17 heavy (non-hydrogen) atoms. The number of methoxy groups -OCH3 is 2. The molecule has 0 saturated carbocycles. The van der Waals surface area contributed by atoms with Gasteiger partial charge < -0.3 is 14.4 Å². The average molecular weight is 236 g/mol. The third-order valence-electron chi connectivity index (χ3n) is 3.23. The second-order valence-electron chi connectivity index (χ2n) is 4.43. The molecule has 0 spiro atoms. The highest BCUT2D eigenvalue weighted by molar-refractivity contribution is 5.44. The molecule has 2 atom stereocenters. The standard InChI is InChI=1S/C14H22NO2/c1-10(11(2)15(3)4)12-7-8-13(16-5)14(9-12)17-6/h7-11H,1H2,2-6H3. The van der Waals surface area contributed by atoms with Crippen LogP contribution >= 0.6 is 0 Å². The van der Waals surface area contributed by atoms with Gasteiger partial charge >= 0.3 is 0 Å². The zero-order valence-corrected chi connectivity index (χ0v) is 11.4. The van der Waals surface area contributed by atoms with Crippen LogP contribution in [0.15, 0.2) is 18.2 Å². The maximum Gasteiger partial charge on any atom is 0.160 e. The second kappa shape index (κ2) is 5.92. The molecule has 3 nitrogen and oxygen atoms in total. The molecule has 3 heteroatoms.